The molecule has 22 heavy (non-hydrogen) atoms. The second-order valence-electron chi connectivity index (χ2n) is 7.29. The molecule has 2 rings (SSSR count). The van der Waals surface area contributed by atoms with Gasteiger partial charge in [-0.2, -0.15) is 0 Å². The molecule has 0 aromatic carbocycles. The number of hydrogen-bond acceptors (Lipinski definition) is 4. The average Bonchev–Trinajstić information content (AvgIpc) is 2.70. The molecule has 2 aliphatic rings. The van der Waals surface area contributed by atoms with Crippen LogP contribution in [0.1, 0.15) is 53.9 Å². The first-order valence-corrected chi connectivity index (χ1v) is 8.22. The molecule has 2 heterocycles. The molecular weight excluding hydrogens is 282 g/mol. The smallest absolute Gasteiger partial charge is 0.325 e. The number of nitrogens with one attached hydrogen (secondary N) is 2. The van der Waals surface area contributed by atoms with E-state index in [1.165, 1.54) is 0 Å². The van der Waals surface area contributed by atoms with Crippen molar-refractivity contribution in [3.63, 3.8) is 0 Å². The summed E-state index contributed by atoms with van der Waals surface area (Å²) >= 11 is 0. The number of hydrogen-bond donors (Lipinski definition) is 3. The van der Waals surface area contributed by atoms with E-state index in [-0.39, 0.29) is 42.1 Å². The molecule has 4 unspecified atom stereocenters. The fourth-order valence-electron chi connectivity index (χ4n) is 4.12. The Balaban J connectivity index is 2.47. The van der Waals surface area contributed by atoms with Crippen LogP contribution in [0.5, 0.6) is 0 Å². The van der Waals surface area contributed by atoms with Crippen LogP contribution in [0.3, 0.4) is 0 Å². The summed E-state index contributed by atoms with van der Waals surface area (Å²) in [5, 5.41) is 15.8. The van der Waals surface area contributed by atoms with Crippen molar-refractivity contribution in [1.29, 1.82) is 0 Å². The highest BCUT2D eigenvalue weighted by molar-refractivity contribution is 6.07. The minimum atomic E-state index is -0.882. The number of carbonyl (C=O) groups excluding carboxylic acids is 2. The van der Waals surface area contributed by atoms with Crippen LogP contribution in [-0.2, 0) is 4.79 Å². The van der Waals surface area contributed by atoms with Gasteiger partial charge in [-0.15, -0.1) is 0 Å². The van der Waals surface area contributed by atoms with Crippen LogP contribution in [0.25, 0.3) is 0 Å². The van der Waals surface area contributed by atoms with Gasteiger partial charge in [0.05, 0.1) is 13.2 Å². The van der Waals surface area contributed by atoms with E-state index in [0.29, 0.717) is 6.42 Å². The molecule has 0 radical (unpaired) electrons. The van der Waals surface area contributed by atoms with Crippen LogP contribution < -0.4 is 10.6 Å². The quantitative estimate of drug-likeness (QED) is 0.682. The summed E-state index contributed by atoms with van der Waals surface area (Å²) in [6, 6.07) is -0.385. The largest absolute Gasteiger partial charge is 0.395 e. The average molecular weight is 311 g/mol. The number of urea groups is 1. The van der Waals surface area contributed by atoms with E-state index in [9.17, 15) is 9.59 Å². The molecule has 0 aromatic heterocycles. The van der Waals surface area contributed by atoms with Gasteiger partial charge in [-0.1, -0.05) is 20.8 Å². The van der Waals surface area contributed by atoms with Crippen molar-refractivity contribution >= 4 is 11.9 Å². The Labute approximate surface area is 132 Å². The van der Waals surface area contributed by atoms with Crippen LogP contribution in [0.4, 0.5) is 4.79 Å². The molecule has 2 fully saturated rings. The Morgan fingerprint density at radius 1 is 1.27 bits per heavy atom. The Morgan fingerprint density at radius 3 is 2.41 bits per heavy atom. The molecule has 0 aliphatic carbocycles. The zero-order valence-electron chi connectivity index (χ0n) is 14.3. The van der Waals surface area contributed by atoms with Crippen molar-refractivity contribution in [3.8, 4) is 0 Å². The molecule has 2 saturated heterocycles. The lowest BCUT2D eigenvalue weighted by Gasteiger charge is -2.56. The monoisotopic (exact) mass is 311 g/mol. The topological polar surface area (TPSA) is 81.7 Å². The predicted octanol–water partition coefficient (Wildman–Crippen LogP) is 1.24. The number of nitrogens with zero attached hydrogens (tertiary/aromatic N) is 1. The molecule has 126 valence electrons. The highest BCUT2D eigenvalue weighted by Gasteiger charge is 2.63. The lowest BCUT2D eigenvalue weighted by atomic mass is 9.61. The number of aliphatic hydroxyl groups excluding tert-OH is 1. The summed E-state index contributed by atoms with van der Waals surface area (Å²) < 4.78 is 0. The molecule has 2 aliphatic heterocycles. The van der Waals surface area contributed by atoms with Crippen LogP contribution >= 0.6 is 0 Å². The van der Waals surface area contributed by atoms with Gasteiger partial charge in [0.25, 0.3) is 5.91 Å². The summed E-state index contributed by atoms with van der Waals surface area (Å²) in [5.41, 5.74) is -1.33. The van der Waals surface area contributed by atoms with E-state index in [1.54, 1.807) is 0 Å². The summed E-state index contributed by atoms with van der Waals surface area (Å²) in [7, 11) is 0. The molecule has 4 atom stereocenters. The van der Waals surface area contributed by atoms with Crippen LogP contribution in [0.2, 0.25) is 0 Å². The predicted molar refractivity (Wildman–Crippen MR) is 84.4 cm³/mol. The van der Waals surface area contributed by atoms with Crippen molar-refractivity contribution in [1.82, 2.24) is 15.5 Å². The third-order valence-corrected chi connectivity index (χ3v) is 5.99. The third kappa shape index (κ3) is 2.33. The number of aliphatic hydroxyl groups is 1. The SMILES string of the molecule is CCC1(C)CC2(NC(=O)N(CCO)C2=O)C(C)C(C)(CC)N1. The maximum atomic E-state index is 13.0. The Morgan fingerprint density at radius 2 is 1.91 bits per heavy atom. The van der Waals surface area contributed by atoms with Crippen LogP contribution in [-0.4, -0.2) is 51.7 Å². The minimum Gasteiger partial charge on any atom is -0.395 e. The second-order valence-corrected chi connectivity index (χ2v) is 7.29. The lowest BCUT2D eigenvalue weighted by molar-refractivity contribution is -0.139. The van der Waals surface area contributed by atoms with Crippen molar-refractivity contribution in [3.05, 3.63) is 0 Å². The molecule has 0 bridgehead atoms. The van der Waals surface area contributed by atoms with Gasteiger partial charge in [-0.3, -0.25) is 9.69 Å². The Kier molecular flexibility index (Phi) is 4.30. The molecule has 3 amide bonds. The van der Waals surface area contributed by atoms with Gasteiger partial charge in [-0.25, -0.2) is 4.79 Å². The molecule has 6 nitrogen and oxygen atoms in total. The highest BCUT2D eigenvalue weighted by Crippen LogP contribution is 2.46. The number of piperidine rings is 1. The number of β-amino-alcohol motifs (C(OH)–C–C–N with tert-alkyl or cyclic N) is 1. The van der Waals surface area contributed by atoms with E-state index in [4.69, 9.17) is 5.11 Å². The Hall–Kier alpha value is -1.14. The third-order valence-electron chi connectivity index (χ3n) is 5.99. The van der Waals surface area contributed by atoms with Gasteiger partial charge in [0.2, 0.25) is 0 Å². The standard InChI is InChI=1S/C16H29N3O3/c1-6-14(4)10-16(11(3)15(5,7-2)18-14)12(21)19(8-9-20)13(22)17-16/h11,18,20H,6-10H2,1-5H3,(H,17,22). The second kappa shape index (κ2) is 5.49. The highest BCUT2D eigenvalue weighted by atomic mass is 16.3. The van der Waals surface area contributed by atoms with E-state index in [1.807, 2.05) is 6.92 Å². The fraction of sp³-hybridized carbons (Fsp3) is 0.875. The summed E-state index contributed by atoms with van der Waals surface area (Å²) in [5.74, 6) is -0.232. The molecule has 0 saturated carbocycles. The van der Waals surface area contributed by atoms with E-state index < -0.39 is 5.54 Å². The number of carbonyl (C=O) groups is 2. The van der Waals surface area contributed by atoms with Gasteiger partial charge in [-0.05, 0) is 33.1 Å². The van der Waals surface area contributed by atoms with Gasteiger partial charge in [0.1, 0.15) is 5.54 Å². The lowest BCUT2D eigenvalue weighted by Crippen LogP contribution is -2.74. The van der Waals surface area contributed by atoms with Crippen molar-refractivity contribution in [2.24, 2.45) is 5.92 Å². The normalized spacial score (nSPS) is 42.1. The molecule has 3 N–H and O–H groups in total. The zero-order valence-corrected chi connectivity index (χ0v) is 14.3. The van der Waals surface area contributed by atoms with Gasteiger partial charge >= 0.3 is 6.03 Å². The van der Waals surface area contributed by atoms with Gasteiger partial charge < -0.3 is 15.7 Å². The van der Waals surface area contributed by atoms with Crippen LogP contribution in [0.15, 0.2) is 0 Å². The summed E-state index contributed by atoms with van der Waals surface area (Å²) in [4.78, 5) is 26.4. The van der Waals surface area contributed by atoms with Gasteiger partial charge in [0, 0.05) is 17.0 Å². The van der Waals surface area contributed by atoms with Crippen molar-refractivity contribution in [2.45, 2.75) is 70.5 Å². The fourth-order valence-corrected chi connectivity index (χ4v) is 4.12. The molecule has 0 aromatic rings. The maximum Gasteiger partial charge on any atom is 0.325 e. The summed E-state index contributed by atoms with van der Waals surface area (Å²) in [6.45, 7) is 10.3. The van der Waals surface area contributed by atoms with E-state index in [2.05, 4.69) is 38.3 Å². The Bertz CT molecular complexity index is 483. The molecule has 6 heteroatoms. The number of imide groups is 1. The van der Waals surface area contributed by atoms with Crippen LogP contribution in [0, 0.1) is 5.92 Å². The zero-order chi connectivity index (χ0) is 16.8. The number of rotatable bonds is 4. The first kappa shape index (κ1) is 17.2. The number of amides is 3. The van der Waals surface area contributed by atoms with Gasteiger partial charge in [0.15, 0.2) is 0 Å². The maximum absolute atomic E-state index is 13.0. The molecule has 1 spiro atoms. The first-order chi connectivity index (χ1) is 10.2. The van der Waals surface area contributed by atoms with E-state index in [0.717, 1.165) is 17.7 Å². The molecular formula is C16H29N3O3. The van der Waals surface area contributed by atoms with Crippen molar-refractivity contribution < 1.29 is 14.7 Å². The van der Waals surface area contributed by atoms with Crippen molar-refractivity contribution in [2.75, 3.05) is 13.2 Å². The summed E-state index contributed by atoms with van der Waals surface area (Å²) in [6.07, 6.45) is 2.31. The minimum absolute atomic E-state index is 0.0373. The first-order valence-electron chi connectivity index (χ1n) is 8.22. The van der Waals surface area contributed by atoms with E-state index >= 15 is 0 Å².